The lowest BCUT2D eigenvalue weighted by molar-refractivity contribution is 0.126. The summed E-state index contributed by atoms with van der Waals surface area (Å²) in [4.78, 5) is 2.06. The highest BCUT2D eigenvalue weighted by atomic mass is 28.3. The first-order valence-electron chi connectivity index (χ1n) is 9.92. The fourth-order valence-electron chi connectivity index (χ4n) is 3.54. The van der Waals surface area contributed by atoms with E-state index in [9.17, 15) is 5.11 Å². The van der Waals surface area contributed by atoms with Gasteiger partial charge in [-0.25, -0.2) is 0 Å². The molecular weight excluding hydrogens is 374 g/mol. The Morgan fingerprint density at radius 2 is 1.34 bits per heavy atom. The van der Waals surface area contributed by atoms with Gasteiger partial charge in [-0.1, -0.05) is 73.4 Å². The van der Waals surface area contributed by atoms with Gasteiger partial charge in [0.2, 0.25) is 0 Å². The normalized spacial score (nSPS) is 13.6. The Bertz CT molecular complexity index is 959. The van der Waals surface area contributed by atoms with Gasteiger partial charge < -0.3 is 14.7 Å². The van der Waals surface area contributed by atoms with Gasteiger partial charge >= 0.3 is 0 Å². The number of rotatable bonds is 6. The maximum absolute atomic E-state index is 12.2. The van der Waals surface area contributed by atoms with Gasteiger partial charge in [-0.05, 0) is 41.0 Å². The van der Waals surface area contributed by atoms with Crippen molar-refractivity contribution in [3.05, 3.63) is 89.5 Å². The molecule has 0 saturated carbocycles. The molecule has 0 amide bonds. The molecule has 0 aromatic heterocycles. The van der Waals surface area contributed by atoms with Crippen LogP contribution >= 0.6 is 0 Å². The molecule has 3 aromatic rings. The van der Waals surface area contributed by atoms with Gasteiger partial charge in [0.05, 0.1) is 15.2 Å². The van der Waals surface area contributed by atoms with E-state index in [2.05, 4.69) is 42.7 Å². The van der Waals surface area contributed by atoms with Crippen LogP contribution in [0.25, 0.3) is 0 Å². The van der Waals surface area contributed by atoms with Crippen molar-refractivity contribution >= 4 is 18.9 Å². The summed E-state index contributed by atoms with van der Waals surface area (Å²) in [5.74, 6) is 0.773. The van der Waals surface area contributed by atoms with Crippen LogP contribution in [0.3, 0.4) is 0 Å². The molecule has 1 unspecified atom stereocenters. The van der Waals surface area contributed by atoms with Crippen LogP contribution in [0.15, 0.2) is 72.8 Å². The molecule has 0 radical (unpaired) electrons. The molecule has 1 N–H and O–H groups in total. The number of hydrogen-bond acceptors (Lipinski definition) is 3. The first-order chi connectivity index (χ1) is 13.7. The number of nitrogens with zero attached hydrogens (tertiary/aromatic N) is 1. The molecule has 1 atom stereocenters. The average Bonchev–Trinajstić information content (AvgIpc) is 2.73. The molecule has 0 saturated heterocycles. The number of hydrogen-bond donors (Lipinski definition) is 1. The average molecular weight is 406 g/mol. The van der Waals surface area contributed by atoms with Crippen LogP contribution in [0, 0.1) is 0 Å². The minimum Gasteiger partial charge on any atom is -0.497 e. The fourth-order valence-corrected chi connectivity index (χ4v) is 4.73. The van der Waals surface area contributed by atoms with Gasteiger partial charge in [0.1, 0.15) is 11.4 Å². The summed E-state index contributed by atoms with van der Waals surface area (Å²) in [6.07, 6.45) is 0. The standard InChI is InChI=1S/C25H31NO2Si/c1-26(2)22-14-10-19(11-15-22)25(27,20-12-16-23(28-3)17-13-20)21-8-7-9-24(18-21)29(4,5)6/h7-18,27H,1-6H3. The molecule has 0 heterocycles. The van der Waals surface area contributed by atoms with Gasteiger partial charge in [0.15, 0.2) is 0 Å². The third kappa shape index (κ3) is 4.24. The summed E-state index contributed by atoms with van der Waals surface area (Å²) >= 11 is 0. The van der Waals surface area contributed by atoms with Crippen molar-refractivity contribution in [1.82, 2.24) is 0 Å². The van der Waals surface area contributed by atoms with Gasteiger partial charge in [-0.2, -0.15) is 0 Å². The lowest BCUT2D eigenvalue weighted by atomic mass is 9.80. The molecule has 0 spiro atoms. The van der Waals surface area contributed by atoms with Crippen molar-refractivity contribution in [3.63, 3.8) is 0 Å². The van der Waals surface area contributed by atoms with E-state index in [1.807, 2.05) is 68.7 Å². The van der Waals surface area contributed by atoms with Gasteiger partial charge in [0, 0.05) is 19.8 Å². The first kappa shape index (κ1) is 21.2. The molecular formula is C25H31NO2Si. The van der Waals surface area contributed by atoms with Crippen molar-refractivity contribution in [2.75, 3.05) is 26.1 Å². The number of anilines is 1. The molecule has 29 heavy (non-hydrogen) atoms. The molecule has 152 valence electrons. The lowest BCUT2D eigenvalue weighted by Gasteiger charge is -2.32. The highest BCUT2D eigenvalue weighted by Crippen LogP contribution is 2.37. The molecule has 0 bridgehead atoms. The summed E-state index contributed by atoms with van der Waals surface area (Å²) in [7, 11) is 4.16. The van der Waals surface area contributed by atoms with Crippen molar-refractivity contribution in [3.8, 4) is 5.75 Å². The Morgan fingerprint density at radius 1 is 0.793 bits per heavy atom. The summed E-state index contributed by atoms with van der Waals surface area (Å²) in [6.45, 7) is 6.97. The Labute approximate surface area is 175 Å². The van der Waals surface area contributed by atoms with Crippen LogP contribution in [-0.4, -0.2) is 34.4 Å². The third-order valence-corrected chi connectivity index (χ3v) is 7.50. The minimum absolute atomic E-state index is 0.773. The Kier molecular flexibility index (Phi) is 5.87. The first-order valence-corrected chi connectivity index (χ1v) is 13.4. The van der Waals surface area contributed by atoms with E-state index in [0.29, 0.717) is 0 Å². The minimum atomic E-state index is -1.52. The monoisotopic (exact) mass is 405 g/mol. The quantitative estimate of drug-likeness (QED) is 0.481. The summed E-state index contributed by atoms with van der Waals surface area (Å²) in [6, 6.07) is 24.3. The van der Waals surface area contributed by atoms with Crippen molar-refractivity contribution in [2.24, 2.45) is 0 Å². The second-order valence-corrected chi connectivity index (χ2v) is 13.8. The van der Waals surface area contributed by atoms with Gasteiger partial charge in [-0.3, -0.25) is 0 Å². The Hall–Kier alpha value is -2.56. The number of methoxy groups -OCH3 is 1. The summed E-state index contributed by atoms with van der Waals surface area (Å²) in [5.41, 5.74) is 2.42. The van der Waals surface area contributed by atoms with Crippen LogP contribution < -0.4 is 14.8 Å². The highest BCUT2D eigenvalue weighted by molar-refractivity contribution is 6.88. The molecule has 0 fully saturated rings. The highest BCUT2D eigenvalue weighted by Gasteiger charge is 2.35. The van der Waals surface area contributed by atoms with E-state index in [1.54, 1.807) is 7.11 Å². The van der Waals surface area contributed by atoms with Gasteiger partial charge in [-0.15, -0.1) is 0 Å². The van der Waals surface area contributed by atoms with E-state index < -0.39 is 13.7 Å². The second kappa shape index (κ2) is 8.05. The van der Waals surface area contributed by atoms with Crippen LogP contribution in [0.2, 0.25) is 19.6 Å². The molecule has 0 aliphatic rings. The zero-order valence-corrected chi connectivity index (χ0v) is 19.2. The molecule has 3 aromatic carbocycles. The summed E-state index contributed by atoms with van der Waals surface area (Å²) in [5, 5.41) is 13.5. The smallest absolute Gasteiger partial charge is 0.140 e. The van der Waals surface area contributed by atoms with E-state index in [4.69, 9.17) is 4.74 Å². The lowest BCUT2D eigenvalue weighted by Crippen LogP contribution is -2.39. The fraction of sp³-hybridized carbons (Fsp3) is 0.280. The Morgan fingerprint density at radius 3 is 1.83 bits per heavy atom. The van der Waals surface area contributed by atoms with Crippen molar-refractivity contribution in [2.45, 2.75) is 25.2 Å². The topological polar surface area (TPSA) is 32.7 Å². The predicted octanol–water partition coefficient (Wildman–Crippen LogP) is 4.59. The van der Waals surface area contributed by atoms with Crippen LogP contribution in [0.4, 0.5) is 5.69 Å². The third-order valence-electron chi connectivity index (χ3n) is 5.46. The van der Waals surface area contributed by atoms with Gasteiger partial charge in [0.25, 0.3) is 0 Å². The number of aliphatic hydroxyl groups is 1. The van der Waals surface area contributed by atoms with Crippen LogP contribution in [0.1, 0.15) is 16.7 Å². The Balaban J connectivity index is 2.21. The maximum atomic E-state index is 12.2. The zero-order chi connectivity index (χ0) is 21.2. The molecule has 0 aliphatic heterocycles. The van der Waals surface area contributed by atoms with Crippen LogP contribution in [0.5, 0.6) is 5.75 Å². The predicted molar refractivity (Wildman–Crippen MR) is 125 cm³/mol. The second-order valence-electron chi connectivity index (χ2n) is 8.71. The largest absolute Gasteiger partial charge is 0.497 e. The number of ether oxygens (including phenoxy) is 1. The van der Waals surface area contributed by atoms with E-state index in [-0.39, 0.29) is 0 Å². The molecule has 4 heteroatoms. The van der Waals surface area contributed by atoms with E-state index in [1.165, 1.54) is 5.19 Å². The van der Waals surface area contributed by atoms with Crippen molar-refractivity contribution < 1.29 is 9.84 Å². The van der Waals surface area contributed by atoms with Crippen molar-refractivity contribution in [1.29, 1.82) is 0 Å². The van der Waals surface area contributed by atoms with E-state index >= 15 is 0 Å². The zero-order valence-electron chi connectivity index (χ0n) is 18.2. The maximum Gasteiger partial charge on any atom is 0.140 e. The van der Waals surface area contributed by atoms with Crippen LogP contribution in [-0.2, 0) is 5.60 Å². The molecule has 0 aliphatic carbocycles. The SMILES string of the molecule is COc1ccc(C(O)(c2ccc(N(C)C)cc2)c2cccc([Si](C)(C)C)c2)cc1. The van der Waals surface area contributed by atoms with E-state index in [0.717, 1.165) is 28.1 Å². The number of benzene rings is 3. The summed E-state index contributed by atoms with van der Waals surface area (Å²) < 4.78 is 5.32. The molecule has 3 nitrogen and oxygen atoms in total. The molecule has 3 rings (SSSR count).